The minimum Gasteiger partial charge on any atom is -0.494 e. The second-order valence-corrected chi connectivity index (χ2v) is 8.30. The van der Waals surface area contributed by atoms with Gasteiger partial charge < -0.3 is 15.8 Å². The Morgan fingerprint density at radius 1 is 1.17 bits per heavy atom. The molecule has 3 aromatic rings. The number of benzene rings is 1. The minimum absolute atomic E-state index is 0.0361. The van der Waals surface area contributed by atoms with Crippen molar-refractivity contribution in [2.75, 3.05) is 19.0 Å². The number of para-hydroxylation sites is 1. The van der Waals surface area contributed by atoms with Crippen molar-refractivity contribution in [1.29, 1.82) is 0 Å². The maximum absolute atomic E-state index is 14.3. The Morgan fingerprint density at radius 2 is 1.86 bits per heavy atom. The van der Waals surface area contributed by atoms with Gasteiger partial charge in [0.2, 0.25) is 5.91 Å². The van der Waals surface area contributed by atoms with E-state index in [1.807, 2.05) is 0 Å². The molecule has 1 fully saturated rings. The summed E-state index contributed by atoms with van der Waals surface area (Å²) in [7, 11) is 1.42. The molecule has 0 spiro atoms. The molecule has 10 nitrogen and oxygen atoms in total. The van der Waals surface area contributed by atoms with Crippen molar-refractivity contribution in [3.63, 3.8) is 0 Å². The van der Waals surface area contributed by atoms with Crippen LogP contribution in [0.2, 0.25) is 5.02 Å². The van der Waals surface area contributed by atoms with Gasteiger partial charge in [-0.15, -0.1) is 0 Å². The van der Waals surface area contributed by atoms with Crippen LogP contribution in [0.25, 0.3) is 11.4 Å². The smallest absolute Gasteiger partial charge is 0.278 e. The minimum atomic E-state index is -3.36. The van der Waals surface area contributed by atoms with Gasteiger partial charge in [0.15, 0.2) is 17.0 Å². The van der Waals surface area contributed by atoms with Gasteiger partial charge in [0.05, 0.1) is 46.9 Å². The molecular weight excluding hydrogens is 498 g/mol. The number of methoxy groups -OCH3 is 1. The van der Waals surface area contributed by atoms with Crippen molar-refractivity contribution in [1.82, 2.24) is 20.4 Å². The van der Waals surface area contributed by atoms with E-state index in [0.29, 0.717) is 27.8 Å². The van der Waals surface area contributed by atoms with E-state index >= 15 is 0 Å². The number of rotatable bonds is 9. The van der Waals surface area contributed by atoms with Gasteiger partial charge in [0.1, 0.15) is 0 Å². The molecular formula is C23H21ClF2N6O4. The Morgan fingerprint density at radius 3 is 2.44 bits per heavy atom. The van der Waals surface area contributed by atoms with Crippen molar-refractivity contribution in [2.24, 2.45) is 5.73 Å². The number of carbonyl (C=O) groups is 2. The van der Waals surface area contributed by atoms with Crippen molar-refractivity contribution in [3.05, 3.63) is 59.1 Å². The Kier molecular flexibility index (Phi) is 6.74. The molecule has 0 bridgehead atoms. The normalized spacial score (nSPS) is 17.8. The molecule has 2 heterocycles. The number of nitrogens with one attached hydrogen (secondary N) is 2. The third-order valence-corrected chi connectivity index (χ3v) is 5.85. The predicted molar refractivity (Wildman–Crippen MR) is 126 cm³/mol. The van der Waals surface area contributed by atoms with E-state index in [1.54, 1.807) is 25.1 Å². The first-order valence-corrected chi connectivity index (χ1v) is 11.0. The van der Waals surface area contributed by atoms with E-state index < -0.39 is 29.6 Å². The van der Waals surface area contributed by atoms with E-state index in [0.717, 1.165) is 6.20 Å². The van der Waals surface area contributed by atoms with E-state index in [-0.39, 0.29) is 23.6 Å². The first kappa shape index (κ1) is 25.2. The number of ether oxygens (including phenoxy) is 1. The summed E-state index contributed by atoms with van der Waals surface area (Å²) in [5, 5.41) is 3.37. The van der Waals surface area contributed by atoms with E-state index in [9.17, 15) is 18.4 Å². The lowest BCUT2D eigenvalue weighted by molar-refractivity contribution is -0.123. The molecule has 0 aliphatic heterocycles. The van der Waals surface area contributed by atoms with Crippen LogP contribution in [0.15, 0.2) is 42.9 Å². The number of anilines is 2. The second kappa shape index (κ2) is 9.63. The Hall–Kier alpha value is -3.90. The largest absolute Gasteiger partial charge is 0.494 e. The Balaban J connectivity index is 1.81. The number of carbonyl (C=O) groups excluding carboxylic acids is 2. The molecule has 1 aromatic carbocycles. The number of hydrogen-bond donors (Lipinski definition) is 3. The molecule has 4 rings (SSSR count). The van der Waals surface area contributed by atoms with Crippen molar-refractivity contribution < 1.29 is 27.9 Å². The summed E-state index contributed by atoms with van der Waals surface area (Å²) in [5.41, 5.74) is 5.90. The van der Waals surface area contributed by atoms with Crippen LogP contribution in [0.4, 0.5) is 20.2 Å². The fraction of sp³-hybridized carbons (Fsp3) is 0.261. The first-order chi connectivity index (χ1) is 17.1. The summed E-state index contributed by atoms with van der Waals surface area (Å²) < 4.78 is 34.1. The van der Waals surface area contributed by atoms with E-state index in [1.165, 1.54) is 25.6 Å². The highest BCUT2D eigenvalue weighted by Crippen LogP contribution is 2.61. The first-order valence-electron chi connectivity index (χ1n) is 10.7. The number of aromatic nitrogens is 3. The van der Waals surface area contributed by atoms with Gasteiger partial charge in [-0.1, -0.05) is 17.7 Å². The summed E-state index contributed by atoms with van der Waals surface area (Å²) in [4.78, 5) is 42.0. The molecule has 1 aliphatic carbocycles. The molecule has 2 amide bonds. The topological polar surface area (TPSA) is 141 Å². The van der Waals surface area contributed by atoms with Gasteiger partial charge in [-0.3, -0.25) is 19.4 Å². The second-order valence-electron chi connectivity index (χ2n) is 7.87. The Labute approximate surface area is 209 Å². The number of primary amides is 1. The lowest BCUT2D eigenvalue weighted by Gasteiger charge is -2.19. The zero-order valence-corrected chi connectivity index (χ0v) is 19.9. The summed E-state index contributed by atoms with van der Waals surface area (Å²) in [6.07, 6.45) is 3.14. The third-order valence-electron chi connectivity index (χ3n) is 5.65. The monoisotopic (exact) mass is 518 g/mol. The van der Waals surface area contributed by atoms with Crippen molar-refractivity contribution in [3.8, 4) is 17.1 Å². The molecule has 1 unspecified atom stereocenters. The number of pyridine rings is 1. The molecule has 1 saturated carbocycles. The quantitative estimate of drug-likeness (QED) is 0.366. The lowest BCUT2D eigenvalue weighted by atomic mass is 9.98. The SMILES string of the molecule is CCONC(=O)c1cnc(C2(C(N)=O)CC2(F)F)cc1Nc1cccc(-c2ncc(Cl)cn2)c1OC. The van der Waals surface area contributed by atoms with Crippen LogP contribution in [-0.4, -0.2) is 46.4 Å². The van der Waals surface area contributed by atoms with Crippen LogP contribution in [0.5, 0.6) is 5.75 Å². The predicted octanol–water partition coefficient (Wildman–Crippen LogP) is 3.39. The van der Waals surface area contributed by atoms with Gasteiger partial charge in [-0.2, -0.15) is 0 Å². The maximum atomic E-state index is 14.3. The van der Waals surface area contributed by atoms with Crippen molar-refractivity contribution >= 4 is 34.8 Å². The molecule has 36 heavy (non-hydrogen) atoms. The molecule has 13 heteroatoms. The number of hydroxylamine groups is 1. The number of hydrogen-bond acceptors (Lipinski definition) is 8. The van der Waals surface area contributed by atoms with Crippen LogP contribution in [0.3, 0.4) is 0 Å². The number of alkyl halides is 2. The molecule has 1 atom stereocenters. The number of nitrogens with zero attached hydrogens (tertiary/aromatic N) is 3. The lowest BCUT2D eigenvalue weighted by Crippen LogP contribution is -2.35. The molecule has 1 aliphatic rings. The fourth-order valence-corrected chi connectivity index (χ4v) is 3.85. The zero-order valence-electron chi connectivity index (χ0n) is 19.1. The van der Waals surface area contributed by atoms with E-state index in [4.69, 9.17) is 26.9 Å². The van der Waals surface area contributed by atoms with Gasteiger partial charge in [-0.05, 0) is 25.1 Å². The highest BCUT2D eigenvalue weighted by molar-refractivity contribution is 6.30. The third kappa shape index (κ3) is 4.40. The average molecular weight is 519 g/mol. The van der Waals surface area contributed by atoms with Gasteiger partial charge in [-0.25, -0.2) is 24.2 Å². The number of nitrogens with two attached hydrogens (primary N) is 1. The molecule has 2 aromatic heterocycles. The Bertz CT molecular complexity index is 1320. The summed E-state index contributed by atoms with van der Waals surface area (Å²) in [6.45, 7) is 1.86. The van der Waals surface area contributed by atoms with Crippen LogP contribution in [0.1, 0.15) is 29.4 Å². The molecule has 4 N–H and O–H groups in total. The summed E-state index contributed by atoms with van der Waals surface area (Å²) in [5.74, 6) is -4.64. The molecule has 188 valence electrons. The summed E-state index contributed by atoms with van der Waals surface area (Å²) in [6, 6.07) is 6.22. The number of amides is 2. The highest BCUT2D eigenvalue weighted by atomic mass is 35.5. The van der Waals surface area contributed by atoms with Crippen LogP contribution >= 0.6 is 11.6 Å². The number of halogens is 3. The van der Waals surface area contributed by atoms with Crippen LogP contribution in [0, 0.1) is 0 Å². The van der Waals surface area contributed by atoms with Crippen molar-refractivity contribution in [2.45, 2.75) is 24.7 Å². The average Bonchev–Trinajstić information content (AvgIpc) is 3.46. The molecule has 0 radical (unpaired) electrons. The standard InChI is InChI=1S/C23H21ClF2N6O4/c1-3-36-32-20(33)14-10-28-17(22(21(27)34)11-23(22,25)26)7-16(14)31-15-6-4-5-13(18(15)35-2)19-29-8-12(24)9-30-19/h4-10H,3,11H2,1-2H3,(H2,27,34)(H,28,31)(H,32,33). The highest BCUT2D eigenvalue weighted by Gasteiger charge is 2.77. The van der Waals surface area contributed by atoms with Crippen LogP contribution in [-0.2, 0) is 15.0 Å². The molecule has 0 saturated heterocycles. The maximum Gasteiger partial charge on any atom is 0.278 e. The van der Waals surface area contributed by atoms with E-state index in [2.05, 4.69) is 25.7 Å². The summed E-state index contributed by atoms with van der Waals surface area (Å²) >= 11 is 5.88. The fourth-order valence-electron chi connectivity index (χ4n) is 3.75. The van der Waals surface area contributed by atoms with Gasteiger partial charge in [0.25, 0.3) is 11.8 Å². The van der Waals surface area contributed by atoms with Crippen LogP contribution < -0.4 is 21.3 Å². The van der Waals surface area contributed by atoms with Gasteiger partial charge >= 0.3 is 0 Å². The van der Waals surface area contributed by atoms with Gasteiger partial charge in [0, 0.05) is 25.0 Å². The zero-order chi connectivity index (χ0) is 26.1.